The lowest BCUT2D eigenvalue weighted by Gasteiger charge is -2.13. The quantitative estimate of drug-likeness (QED) is 0.530. The number of rotatable bonds is 12. The summed E-state index contributed by atoms with van der Waals surface area (Å²) in [7, 11) is 1.63. The van der Waals surface area contributed by atoms with Crippen molar-refractivity contribution in [3.05, 3.63) is 59.2 Å². The smallest absolute Gasteiger partial charge is 0.303 e. The molecule has 6 heteroatoms. The molecule has 0 saturated carbocycles. The molecule has 29 heavy (non-hydrogen) atoms. The molecule has 0 atom stereocenters. The number of amides is 1. The number of nitrogens with one attached hydrogen (secondary N) is 1. The van der Waals surface area contributed by atoms with Crippen LogP contribution in [0.1, 0.15) is 36.5 Å². The molecule has 0 saturated heterocycles. The predicted octanol–water partition coefficient (Wildman–Crippen LogP) is 3.86. The van der Waals surface area contributed by atoms with Gasteiger partial charge < -0.3 is 19.9 Å². The van der Waals surface area contributed by atoms with Crippen LogP contribution >= 0.6 is 0 Å². The summed E-state index contributed by atoms with van der Waals surface area (Å²) < 4.78 is 10.9. The van der Waals surface area contributed by atoms with Crippen molar-refractivity contribution in [1.29, 1.82) is 0 Å². The molecule has 2 rings (SSSR count). The van der Waals surface area contributed by atoms with Gasteiger partial charge in [0, 0.05) is 26.1 Å². The molecule has 6 nitrogen and oxygen atoms in total. The lowest BCUT2D eigenvalue weighted by molar-refractivity contribution is -0.137. The minimum atomic E-state index is -0.805. The predicted molar refractivity (Wildman–Crippen MR) is 113 cm³/mol. The van der Waals surface area contributed by atoms with Crippen molar-refractivity contribution in [2.75, 3.05) is 25.6 Å². The minimum absolute atomic E-state index is 0.0782. The summed E-state index contributed by atoms with van der Waals surface area (Å²) in [6, 6.07) is 13.8. The van der Waals surface area contributed by atoms with Gasteiger partial charge in [-0.15, -0.1) is 0 Å². The number of aliphatic carboxylic acids is 1. The van der Waals surface area contributed by atoms with Crippen LogP contribution in [-0.2, 0) is 33.6 Å². The van der Waals surface area contributed by atoms with Crippen molar-refractivity contribution in [3.63, 3.8) is 0 Å². The molecule has 2 aromatic carbocycles. The van der Waals surface area contributed by atoms with Crippen LogP contribution in [-0.4, -0.2) is 37.3 Å². The fourth-order valence-corrected chi connectivity index (χ4v) is 3.02. The maximum absolute atomic E-state index is 11.1. The van der Waals surface area contributed by atoms with Crippen LogP contribution in [0.3, 0.4) is 0 Å². The van der Waals surface area contributed by atoms with Crippen molar-refractivity contribution in [3.8, 4) is 5.75 Å². The van der Waals surface area contributed by atoms with Crippen LogP contribution in [0.2, 0.25) is 0 Å². The van der Waals surface area contributed by atoms with Gasteiger partial charge in [0.05, 0.1) is 6.61 Å². The molecule has 0 unspecified atom stereocenters. The Bertz CT molecular complexity index is 801. The molecule has 1 amide bonds. The summed E-state index contributed by atoms with van der Waals surface area (Å²) in [5.74, 6) is -0.0862. The first-order valence-electron chi connectivity index (χ1n) is 9.80. The van der Waals surface area contributed by atoms with Crippen LogP contribution in [0.15, 0.2) is 42.5 Å². The van der Waals surface area contributed by atoms with E-state index in [1.807, 2.05) is 42.5 Å². The zero-order chi connectivity index (χ0) is 21.1. The van der Waals surface area contributed by atoms with E-state index in [2.05, 4.69) is 5.32 Å². The molecule has 2 N–H and O–H groups in total. The summed E-state index contributed by atoms with van der Waals surface area (Å²) in [5.41, 5.74) is 4.07. The average molecular weight is 399 g/mol. The maximum Gasteiger partial charge on any atom is 0.303 e. The second kappa shape index (κ2) is 11.9. The molecule has 0 aliphatic rings. The molecule has 0 bridgehead atoms. The van der Waals surface area contributed by atoms with E-state index >= 15 is 0 Å². The molecule has 2 aromatic rings. The molecular weight excluding hydrogens is 370 g/mol. The van der Waals surface area contributed by atoms with E-state index in [1.54, 1.807) is 7.11 Å². The van der Waals surface area contributed by atoms with E-state index in [0.29, 0.717) is 19.6 Å². The van der Waals surface area contributed by atoms with Crippen LogP contribution in [0.25, 0.3) is 0 Å². The fraction of sp³-hybridized carbons (Fsp3) is 0.391. The molecule has 0 spiro atoms. The van der Waals surface area contributed by atoms with E-state index < -0.39 is 5.97 Å². The van der Waals surface area contributed by atoms with Gasteiger partial charge in [-0.3, -0.25) is 9.59 Å². The summed E-state index contributed by atoms with van der Waals surface area (Å²) in [6.07, 6.45) is 3.31. The van der Waals surface area contributed by atoms with Crippen molar-refractivity contribution in [1.82, 2.24) is 0 Å². The number of hydrogen-bond donors (Lipinski definition) is 2. The van der Waals surface area contributed by atoms with E-state index in [1.165, 1.54) is 12.5 Å². The van der Waals surface area contributed by atoms with Gasteiger partial charge >= 0.3 is 5.97 Å². The van der Waals surface area contributed by atoms with Gasteiger partial charge in [0.1, 0.15) is 12.4 Å². The molecule has 0 heterocycles. The highest BCUT2D eigenvalue weighted by Gasteiger charge is 2.08. The van der Waals surface area contributed by atoms with Crippen molar-refractivity contribution >= 4 is 17.6 Å². The zero-order valence-electron chi connectivity index (χ0n) is 17.1. The van der Waals surface area contributed by atoms with Crippen molar-refractivity contribution in [2.24, 2.45) is 0 Å². The third kappa shape index (κ3) is 8.35. The maximum atomic E-state index is 11.1. The van der Waals surface area contributed by atoms with E-state index in [9.17, 15) is 9.59 Å². The number of benzene rings is 2. The molecule has 0 aliphatic carbocycles. The van der Waals surface area contributed by atoms with Crippen LogP contribution in [0.5, 0.6) is 5.75 Å². The highest BCUT2D eigenvalue weighted by atomic mass is 16.5. The second-order valence-corrected chi connectivity index (χ2v) is 6.91. The Labute approximate surface area is 171 Å². The Morgan fingerprint density at radius 3 is 2.34 bits per heavy atom. The van der Waals surface area contributed by atoms with E-state index in [0.717, 1.165) is 41.8 Å². The van der Waals surface area contributed by atoms with Gasteiger partial charge in [0.15, 0.2) is 0 Å². The van der Waals surface area contributed by atoms with Gasteiger partial charge in [0.25, 0.3) is 0 Å². The topological polar surface area (TPSA) is 84.9 Å². The third-order valence-corrected chi connectivity index (χ3v) is 4.49. The Balaban J connectivity index is 1.96. The number of ether oxygens (including phenoxy) is 2. The van der Waals surface area contributed by atoms with Crippen LogP contribution in [0, 0.1) is 0 Å². The van der Waals surface area contributed by atoms with E-state index in [-0.39, 0.29) is 12.3 Å². The SMILES string of the molecule is COCCOc1cc(CCC(=O)O)ccc1CCCc1ccc(NC(C)=O)cc1. The first-order chi connectivity index (χ1) is 14.0. The monoisotopic (exact) mass is 399 g/mol. The fourth-order valence-electron chi connectivity index (χ4n) is 3.02. The van der Waals surface area contributed by atoms with Gasteiger partial charge in [-0.1, -0.05) is 24.3 Å². The average Bonchev–Trinajstić information content (AvgIpc) is 2.68. The minimum Gasteiger partial charge on any atom is -0.491 e. The Hall–Kier alpha value is -2.86. The normalized spacial score (nSPS) is 10.6. The van der Waals surface area contributed by atoms with Gasteiger partial charge in [-0.2, -0.15) is 0 Å². The van der Waals surface area contributed by atoms with Gasteiger partial charge in [0.2, 0.25) is 5.91 Å². The third-order valence-electron chi connectivity index (χ3n) is 4.49. The highest BCUT2D eigenvalue weighted by molar-refractivity contribution is 5.88. The largest absolute Gasteiger partial charge is 0.491 e. The Kier molecular flexibility index (Phi) is 9.18. The number of carboxylic acid groups (broad SMARTS) is 1. The first kappa shape index (κ1) is 22.4. The molecule has 0 aromatic heterocycles. The Morgan fingerprint density at radius 2 is 1.69 bits per heavy atom. The number of methoxy groups -OCH3 is 1. The second-order valence-electron chi connectivity index (χ2n) is 6.91. The van der Waals surface area contributed by atoms with Crippen molar-refractivity contribution in [2.45, 2.75) is 39.0 Å². The zero-order valence-corrected chi connectivity index (χ0v) is 17.1. The number of carboxylic acids is 1. The summed E-state index contributed by atoms with van der Waals surface area (Å²) in [5, 5.41) is 11.7. The van der Waals surface area contributed by atoms with Crippen molar-refractivity contribution < 1.29 is 24.2 Å². The standard InChI is InChI=1S/C23H29NO5/c1-17(25)24-21-11-7-18(8-12-21)4-3-5-20-10-6-19(9-13-23(26)27)16-22(20)29-15-14-28-2/h6-8,10-12,16H,3-5,9,13-15H2,1-2H3,(H,24,25)(H,26,27). The molecule has 0 radical (unpaired) electrons. The van der Waals surface area contributed by atoms with Crippen LogP contribution < -0.4 is 10.1 Å². The number of aryl methyl sites for hydroxylation is 3. The lowest BCUT2D eigenvalue weighted by Crippen LogP contribution is -2.07. The molecular formula is C23H29NO5. The lowest BCUT2D eigenvalue weighted by atomic mass is 10.0. The first-order valence-corrected chi connectivity index (χ1v) is 9.80. The summed E-state index contributed by atoms with van der Waals surface area (Å²) >= 11 is 0. The number of anilines is 1. The number of carbonyl (C=O) groups excluding carboxylic acids is 1. The van der Waals surface area contributed by atoms with Gasteiger partial charge in [-0.25, -0.2) is 0 Å². The molecule has 0 fully saturated rings. The summed E-state index contributed by atoms with van der Waals surface area (Å²) in [4.78, 5) is 21.9. The Morgan fingerprint density at radius 1 is 0.966 bits per heavy atom. The van der Waals surface area contributed by atoms with Gasteiger partial charge in [-0.05, 0) is 60.6 Å². The molecule has 156 valence electrons. The summed E-state index contributed by atoms with van der Waals surface area (Å²) in [6.45, 7) is 2.45. The number of hydrogen-bond acceptors (Lipinski definition) is 4. The number of carbonyl (C=O) groups is 2. The highest BCUT2D eigenvalue weighted by Crippen LogP contribution is 2.24. The molecule has 0 aliphatic heterocycles. The van der Waals surface area contributed by atoms with E-state index in [4.69, 9.17) is 14.6 Å². The van der Waals surface area contributed by atoms with Crippen LogP contribution in [0.4, 0.5) is 5.69 Å².